The first-order chi connectivity index (χ1) is 14.5. The number of imidazole rings is 1. The SMILES string of the molecule is CCOC(=O)c1cncc(N2CC[C@@H](NC(=O)c3nc(Cl)c(CC)[nH]3)[C@@H](OC)C2)c1. The average molecular weight is 436 g/mol. The summed E-state index contributed by atoms with van der Waals surface area (Å²) in [5.41, 5.74) is 1.94. The molecule has 30 heavy (non-hydrogen) atoms. The van der Waals surface area contributed by atoms with E-state index in [9.17, 15) is 9.59 Å². The second-order valence-corrected chi connectivity index (χ2v) is 7.31. The molecule has 0 radical (unpaired) electrons. The number of methoxy groups -OCH3 is 1. The number of rotatable bonds is 7. The van der Waals surface area contributed by atoms with Crippen LogP contribution in [0.5, 0.6) is 0 Å². The summed E-state index contributed by atoms with van der Waals surface area (Å²) >= 11 is 6.04. The lowest BCUT2D eigenvalue weighted by Gasteiger charge is -2.39. The van der Waals surface area contributed by atoms with E-state index in [-0.39, 0.29) is 23.9 Å². The minimum atomic E-state index is -0.402. The van der Waals surface area contributed by atoms with E-state index in [1.165, 1.54) is 6.20 Å². The Morgan fingerprint density at radius 1 is 1.37 bits per heavy atom. The minimum absolute atomic E-state index is 0.186. The number of nitrogens with one attached hydrogen (secondary N) is 2. The average Bonchev–Trinajstić information content (AvgIpc) is 3.15. The van der Waals surface area contributed by atoms with E-state index in [1.807, 2.05) is 6.92 Å². The summed E-state index contributed by atoms with van der Waals surface area (Å²) in [6.07, 6.45) is 4.26. The number of ether oxygens (including phenoxy) is 2. The van der Waals surface area contributed by atoms with Gasteiger partial charge < -0.3 is 24.7 Å². The van der Waals surface area contributed by atoms with Crippen LogP contribution in [0.3, 0.4) is 0 Å². The van der Waals surface area contributed by atoms with Crippen LogP contribution in [0.1, 0.15) is 46.9 Å². The fourth-order valence-electron chi connectivity index (χ4n) is 3.45. The van der Waals surface area contributed by atoms with Gasteiger partial charge in [0, 0.05) is 26.4 Å². The molecule has 9 nitrogen and oxygen atoms in total. The van der Waals surface area contributed by atoms with Gasteiger partial charge in [0.15, 0.2) is 11.0 Å². The van der Waals surface area contributed by atoms with Crippen LogP contribution in [-0.2, 0) is 15.9 Å². The standard InChI is InChI=1S/C20H26ClN5O4/c1-4-14-17(21)25-18(23-14)19(27)24-15-6-7-26(11-16(15)29-3)13-8-12(9-22-10-13)20(28)30-5-2/h8-10,15-16H,4-7,11H2,1-3H3,(H,23,25)(H,24,27)/t15-,16+/m1/s1. The molecule has 1 amide bonds. The van der Waals surface area contributed by atoms with Crippen LogP contribution in [0.25, 0.3) is 0 Å². The Labute approximate surface area is 180 Å². The van der Waals surface area contributed by atoms with E-state index in [4.69, 9.17) is 21.1 Å². The summed E-state index contributed by atoms with van der Waals surface area (Å²) in [7, 11) is 1.61. The first kappa shape index (κ1) is 22.0. The van der Waals surface area contributed by atoms with Crippen molar-refractivity contribution in [1.29, 1.82) is 0 Å². The molecule has 1 fully saturated rings. The Hall–Kier alpha value is -2.65. The minimum Gasteiger partial charge on any atom is -0.462 e. The lowest BCUT2D eigenvalue weighted by Crippen LogP contribution is -2.55. The van der Waals surface area contributed by atoms with E-state index in [1.54, 1.807) is 26.3 Å². The van der Waals surface area contributed by atoms with Gasteiger partial charge in [-0.3, -0.25) is 9.78 Å². The lowest BCUT2D eigenvalue weighted by molar-refractivity contribution is 0.0522. The number of halogens is 1. The predicted octanol–water partition coefficient (Wildman–Crippen LogP) is 2.22. The van der Waals surface area contributed by atoms with Crippen LogP contribution < -0.4 is 10.2 Å². The number of esters is 1. The third kappa shape index (κ3) is 4.91. The number of anilines is 1. The molecule has 0 unspecified atom stereocenters. The van der Waals surface area contributed by atoms with Crippen LogP contribution >= 0.6 is 11.6 Å². The zero-order valence-corrected chi connectivity index (χ0v) is 18.0. The topological polar surface area (TPSA) is 109 Å². The quantitative estimate of drug-likeness (QED) is 0.641. The highest BCUT2D eigenvalue weighted by molar-refractivity contribution is 6.30. The molecular formula is C20H26ClN5O4. The number of aryl methyl sites for hydroxylation is 1. The fraction of sp³-hybridized carbons (Fsp3) is 0.500. The van der Waals surface area contributed by atoms with Crippen molar-refractivity contribution >= 4 is 29.2 Å². The predicted molar refractivity (Wildman–Crippen MR) is 112 cm³/mol. The number of amides is 1. The maximum atomic E-state index is 12.6. The van der Waals surface area contributed by atoms with E-state index >= 15 is 0 Å². The van der Waals surface area contributed by atoms with Crippen molar-refractivity contribution in [2.24, 2.45) is 0 Å². The van der Waals surface area contributed by atoms with Crippen LogP contribution in [0.15, 0.2) is 18.5 Å². The second-order valence-electron chi connectivity index (χ2n) is 6.95. The van der Waals surface area contributed by atoms with Gasteiger partial charge in [0.05, 0.1) is 41.9 Å². The molecule has 1 saturated heterocycles. The zero-order chi connectivity index (χ0) is 21.7. The number of hydrogen-bond donors (Lipinski definition) is 2. The zero-order valence-electron chi connectivity index (χ0n) is 17.3. The highest BCUT2D eigenvalue weighted by Gasteiger charge is 2.32. The Morgan fingerprint density at radius 2 is 2.17 bits per heavy atom. The number of H-pyrrole nitrogens is 1. The number of pyridine rings is 1. The van der Waals surface area contributed by atoms with Crippen LogP contribution in [0.4, 0.5) is 5.69 Å². The van der Waals surface area contributed by atoms with E-state index in [2.05, 4.69) is 25.2 Å². The third-order valence-corrected chi connectivity index (χ3v) is 5.39. The van der Waals surface area contributed by atoms with Crippen LogP contribution in [0, 0.1) is 0 Å². The maximum Gasteiger partial charge on any atom is 0.339 e. The van der Waals surface area contributed by atoms with Crippen molar-refractivity contribution in [2.75, 3.05) is 31.7 Å². The third-order valence-electron chi connectivity index (χ3n) is 5.08. The van der Waals surface area contributed by atoms with Gasteiger partial charge in [-0.2, -0.15) is 0 Å². The summed E-state index contributed by atoms with van der Waals surface area (Å²) in [6, 6.07) is 1.57. The highest BCUT2D eigenvalue weighted by Crippen LogP contribution is 2.23. The molecule has 0 aliphatic carbocycles. The first-order valence-electron chi connectivity index (χ1n) is 9.91. The molecule has 0 aromatic carbocycles. The van der Waals surface area contributed by atoms with E-state index in [0.717, 1.165) is 11.4 Å². The Kier molecular flexibility index (Phi) is 7.28. The van der Waals surface area contributed by atoms with Crippen molar-refractivity contribution in [3.63, 3.8) is 0 Å². The van der Waals surface area contributed by atoms with E-state index in [0.29, 0.717) is 43.3 Å². The van der Waals surface area contributed by atoms with Crippen molar-refractivity contribution in [3.05, 3.63) is 40.7 Å². The van der Waals surface area contributed by atoms with Gasteiger partial charge in [0.2, 0.25) is 0 Å². The highest BCUT2D eigenvalue weighted by atomic mass is 35.5. The Bertz CT molecular complexity index is 903. The molecule has 2 aromatic rings. The number of aromatic nitrogens is 3. The first-order valence-corrected chi connectivity index (χ1v) is 10.3. The summed E-state index contributed by atoms with van der Waals surface area (Å²) in [6.45, 7) is 5.20. The second kappa shape index (κ2) is 9.90. The monoisotopic (exact) mass is 435 g/mol. The molecule has 1 aliphatic rings. The Morgan fingerprint density at radius 3 is 2.83 bits per heavy atom. The molecule has 3 rings (SSSR count). The number of carbonyl (C=O) groups excluding carboxylic acids is 2. The maximum absolute atomic E-state index is 12.6. The summed E-state index contributed by atoms with van der Waals surface area (Å²) in [4.78, 5) is 37.9. The molecule has 162 valence electrons. The normalized spacial score (nSPS) is 18.9. The van der Waals surface area contributed by atoms with Gasteiger partial charge in [-0.25, -0.2) is 9.78 Å². The fourth-order valence-corrected chi connectivity index (χ4v) is 3.71. The van der Waals surface area contributed by atoms with Crippen molar-refractivity contribution in [3.8, 4) is 0 Å². The van der Waals surface area contributed by atoms with Gasteiger partial charge >= 0.3 is 5.97 Å². The molecule has 2 atom stereocenters. The molecule has 1 aliphatic heterocycles. The van der Waals surface area contributed by atoms with Gasteiger partial charge in [-0.05, 0) is 25.8 Å². The van der Waals surface area contributed by atoms with Crippen LogP contribution in [-0.4, -0.2) is 65.8 Å². The molecular weight excluding hydrogens is 410 g/mol. The largest absolute Gasteiger partial charge is 0.462 e. The lowest BCUT2D eigenvalue weighted by atomic mass is 10.0. The summed E-state index contributed by atoms with van der Waals surface area (Å²) in [5, 5.41) is 3.30. The Balaban J connectivity index is 1.67. The number of piperidine rings is 1. The molecule has 0 bridgehead atoms. The summed E-state index contributed by atoms with van der Waals surface area (Å²) < 4.78 is 10.7. The van der Waals surface area contributed by atoms with Gasteiger partial charge in [-0.15, -0.1) is 0 Å². The van der Waals surface area contributed by atoms with Crippen LogP contribution in [0.2, 0.25) is 5.15 Å². The van der Waals surface area contributed by atoms with Gasteiger partial charge in [0.25, 0.3) is 5.91 Å². The van der Waals surface area contributed by atoms with Crippen molar-refractivity contribution in [2.45, 2.75) is 38.8 Å². The molecule has 2 aromatic heterocycles. The van der Waals surface area contributed by atoms with Gasteiger partial charge in [-0.1, -0.05) is 18.5 Å². The molecule has 10 heteroatoms. The van der Waals surface area contributed by atoms with Crippen molar-refractivity contribution in [1.82, 2.24) is 20.3 Å². The molecule has 2 N–H and O–H groups in total. The number of nitrogens with zero attached hydrogens (tertiary/aromatic N) is 3. The number of aromatic amines is 1. The smallest absolute Gasteiger partial charge is 0.339 e. The molecule has 0 saturated carbocycles. The van der Waals surface area contributed by atoms with Gasteiger partial charge in [0.1, 0.15) is 0 Å². The molecule has 3 heterocycles. The molecule has 0 spiro atoms. The van der Waals surface area contributed by atoms with Crippen molar-refractivity contribution < 1.29 is 19.1 Å². The summed E-state index contributed by atoms with van der Waals surface area (Å²) in [5.74, 6) is -0.524. The number of hydrogen-bond acceptors (Lipinski definition) is 7. The number of carbonyl (C=O) groups is 2. The van der Waals surface area contributed by atoms with E-state index < -0.39 is 5.97 Å².